The van der Waals surface area contributed by atoms with Crippen LogP contribution in [0.2, 0.25) is 0 Å². The van der Waals surface area contributed by atoms with E-state index < -0.39 is 0 Å². The highest BCUT2D eigenvalue weighted by atomic mass is 16.5. The maximum absolute atomic E-state index is 12.6. The van der Waals surface area contributed by atoms with Crippen LogP contribution in [-0.4, -0.2) is 37.2 Å². The fraction of sp³-hybridized carbons (Fsp3) is 0.200. The van der Waals surface area contributed by atoms with Gasteiger partial charge >= 0.3 is 0 Å². The number of fused-ring (bicyclic) bond motifs is 1. The van der Waals surface area contributed by atoms with Crippen LogP contribution in [0.4, 0.5) is 11.5 Å². The number of ether oxygens (including phenoxy) is 1. The van der Waals surface area contributed by atoms with E-state index in [1.165, 1.54) is 0 Å². The van der Waals surface area contributed by atoms with E-state index in [2.05, 4.69) is 15.2 Å². The van der Waals surface area contributed by atoms with Crippen LogP contribution in [0.15, 0.2) is 60.8 Å². The van der Waals surface area contributed by atoms with Crippen molar-refractivity contribution >= 4 is 28.2 Å². The summed E-state index contributed by atoms with van der Waals surface area (Å²) in [5, 5.41) is 5.11. The standard InChI is InChI=1S/C20H19N3O2/c24-20(22-18-7-3-5-15-4-1-2-6-17(15)18)16-8-9-19(21-14-16)23-10-12-25-13-11-23/h1-9,14H,10-13H2,(H,22,24). The van der Waals surface area contributed by atoms with Crippen molar-refractivity contribution < 1.29 is 9.53 Å². The van der Waals surface area contributed by atoms with Gasteiger partial charge in [0.2, 0.25) is 0 Å². The SMILES string of the molecule is O=C(Nc1cccc2ccccc12)c1ccc(N2CCOCC2)nc1. The lowest BCUT2D eigenvalue weighted by Crippen LogP contribution is -2.36. The molecule has 0 unspecified atom stereocenters. The number of pyridine rings is 1. The van der Waals surface area contributed by atoms with Gasteiger partial charge in [-0.3, -0.25) is 4.79 Å². The molecule has 0 aliphatic carbocycles. The molecule has 0 atom stereocenters. The maximum Gasteiger partial charge on any atom is 0.257 e. The van der Waals surface area contributed by atoms with Crippen molar-refractivity contribution in [1.29, 1.82) is 0 Å². The zero-order valence-electron chi connectivity index (χ0n) is 13.8. The lowest BCUT2D eigenvalue weighted by Gasteiger charge is -2.27. The number of rotatable bonds is 3. The molecule has 1 aliphatic heterocycles. The molecule has 5 heteroatoms. The summed E-state index contributed by atoms with van der Waals surface area (Å²) in [5.74, 6) is 0.724. The molecule has 3 aromatic rings. The number of carbonyl (C=O) groups excluding carboxylic acids is 1. The van der Waals surface area contributed by atoms with Crippen molar-refractivity contribution in [2.24, 2.45) is 0 Å². The maximum atomic E-state index is 12.6. The van der Waals surface area contributed by atoms with E-state index in [1.807, 2.05) is 54.6 Å². The Morgan fingerprint density at radius 2 is 1.80 bits per heavy atom. The first kappa shape index (κ1) is 15.6. The van der Waals surface area contributed by atoms with Gasteiger partial charge in [-0.25, -0.2) is 4.98 Å². The topological polar surface area (TPSA) is 54.5 Å². The Labute approximate surface area is 146 Å². The lowest BCUT2D eigenvalue weighted by atomic mass is 10.1. The second kappa shape index (κ2) is 6.91. The fourth-order valence-corrected chi connectivity index (χ4v) is 3.03. The molecule has 2 heterocycles. The minimum atomic E-state index is -0.155. The molecule has 1 amide bonds. The van der Waals surface area contributed by atoms with Gasteiger partial charge < -0.3 is 15.0 Å². The highest BCUT2D eigenvalue weighted by Gasteiger charge is 2.14. The van der Waals surface area contributed by atoms with Crippen molar-refractivity contribution in [2.45, 2.75) is 0 Å². The first-order valence-electron chi connectivity index (χ1n) is 8.39. The average Bonchev–Trinajstić information content (AvgIpc) is 2.69. The monoisotopic (exact) mass is 333 g/mol. The third-order valence-corrected chi connectivity index (χ3v) is 4.38. The molecule has 1 aliphatic rings. The molecule has 126 valence electrons. The van der Waals surface area contributed by atoms with E-state index >= 15 is 0 Å². The van der Waals surface area contributed by atoms with E-state index in [9.17, 15) is 4.79 Å². The average molecular weight is 333 g/mol. The van der Waals surface area contributed by atoms with Gasteiger partial charge in [0.25, 0.3) is 5.91 Å². The minimum Gasteiger partial charge on any atom is -0.378 e. The largest absolute Gasteiger partial charge is 0.378 e. The van der Waals surface area contributed by atoms with Crippen LogP contribution in [0.5, 0.6) is 0 Å². The van der Waals surface area contributed by atoms with E-state index in [4.69, 9.17) is 4.74 Å². The third kappa shape index (κ3) is 3.32. The zero-order valence-corrected chi connectivity index (χ0v) is 13.8. The predicted octanol–water partition coefficient (Wildman–Crippen LogP) is 3.32. The second-order valence-electron chi connectivity index (χ2n) is 5.99. The summed E-state index contributed by atoms with van der Waals surface area (Å²) in [7, 11) is 0. The number of nitrogens with zero attached hydrogens (tertiary/aromatic N) is 2. The first-order valence-corrected chi connectivity index (χ1v) is 8.39. The number of nitrogens with one attached hydrogen (secondary N) is 1. The molecule has 25 heavy (non-hydrogen) atoms. The minimum absolute atomic E-state index is 0.155. The smallest absolute Gasteiger partial charge is 0.257 e. The second-order valence-corrected chi connectivity index (χ2v) is 5.99. The van der Waals surface area contributed by atoms with E-state index in [-0.39, 0.29) is 5.91 Å². The van der Waals surface area contributed by atoms with Gasteiger partial charge in [-0.1, -0.05) is 36.4 Å². The number of hydrogen-bond acceptors (Lipinski definition) is 4. The van der Waals surface area contributed by atoms with Crippen LogP contribution in [-0.2, 0) is 4.74 Å². The van der Waals surface area contributed by atoms with Crippen LogP contribution in [0.3, 0.4) is 0 Å². The molecule has 2 aromatic carbocycles. The van der Waals surface area contributed by atoms with Gasteiger partial charge in [-0.15, -0.1) is 0 Å². The van der Waals surface area contributed by atoms with E-state index in [0.717, 1.165) is 35.4 Å². The van der Waals surface area contributed by atoms with Crippen LogP contribution in [0, 0.1) is 0 Å². The van der Waals surface area contributed by atoms with Crippen molar-refractivity contribution in [2.75, 3.05) is 36.5 Å². The predicted molar refractivity (Wildman–Crippen MR) is 99.2 cm³/mol. The van der Waals surface area contributed by atoms with Gasteiger partial charge in [0.15, 0.2) is 0 Å². The van der Waals surface area contributed by atoms with Crippen LogP contribution in [0.25, 0.3) is 10.8 Å². The molecule has 1 N–H and O–H groups in total. The molecular formula is C20H19N3O2. The van der Waals surface area contributed by atoms with Crippen LogP contribution >= 0.6 is 0 Å². The first-order chi connectivity index (χ1) is 12.3. The molecule has 1 saturated heterocycles. The number of aromatic nitrogens is 1. The fourth-order valence-electron chi connectivity index (χ4n) is 3.03. The molecular weight excluding hydrogens is 314 g/mol. The Kier molecular flexibility index (Phi) is 4.31. The number of morpholine rings is 1. The van der Waals surface area contributed by atoms with E-state index in [0.29, 0.717) is 18.8 Å². The van der Waals surface area contributed by atoms with Gasteiger partial charge in [-0.2, -0.15) is 0 Å². The summed E-state index contributed by atoms with van der Waals surface area (Å²) in [6.45, 7) is 3.08. The third-order valence-electron chi connectivity index (χ3n) is 4.38. The molecule has 4 rings (SSSR count). The molecule has 0 bridgehead atoms. The number of hydrogen-bond donors (Lipinski definition) is 1. The Hall–Kier alpha value is -2.92. The lowest BCUT2D eigenvalue weighted by molar-refractivity contribution is 0.102. The highest BCUT2D eigenvalue weighted by molar-refractivity contribution is 6.09. The number of benzene rings is 2. The molecule has 0 spiro atoms. The number of anilines is 2. The normalized spacial score (nSPS) is 14.5. The summed E-state index contributed by atoms with van der Waals surface area (Å²) in [6, 6.07) is 17.6. The van der Waals surface area contributed by atoms with Crippen LogP contribution in [0.1, 0.15) is 10.4 Å². The molecule has 5 nitrogen and oxygen atoms in total. The summed E-state index contributed by atoms with van der Waals surface area (Å²) >= 11 is 0. The van der Waals surface area contributed by atoms with Crippen molar-refractivity contribution in [3.8, 4) is 0 Å². The van der Waals surface area contributed by atoms with E-state index in [1.54, 1.807) is 6.20 Å². The van der Waals surface area contributed by atoms with Crippen LogP contribution < -0.4 is 10.2 Å². The summed E-state index contributed by atoms with van der Waals surface area (Å²) in [6.07, 6.45) is 1.63. The summed E-state index contributed by atoms with van der Waals surface area (Å²) < 4.78 is 5.35. The van der Waals surface area contributed by atoms with Gasteiger partial charge in [-0.05, 0) is 23.6 Å². The Bertz CT molecular complexity index is 882. The number of carbonyl (C=O) groups is 1. The Balaban J connectivity index is 1.52. The quantitative estimate of drug-likeness (QED) is 0.799. The Morgan fingerprint density at radius 1 is 1.00 bits per heavy atom. The summed E-state index contributed by atoms with van der Waals surface area (Å²) in [4.78, 5) is 19.2. The van der Waals surface area contributed by atoms with Gasteiger partial charge in [0.1, 0.15) is 5.82 Å². The highest BCUT2D eigenvalue weighted by Crippen LogP contribution is 2.23. The molecule has 1 aromatic heterocycles. The summed E-state index contributed by atoms with van der Waals surface area (Å²) in [5.41, 5.74) is 1.35. The van der Waals surface area contributed by atoms with Gasteiger partial charge in [0.05, 0.1) is 18.8 Å². The van der Waals surface area contributed by atoms with Gasteiger partial charge in [0, 0.05) is 30.4 Å². The van der Waals surface area contributed by atoms with Crippen molar-refractivity contribution in [3.05, 3.63) is 66.4 Å². The molecule has 0 saturated carbocycles. The molecule has 0 radical (unpaired) electrons. The number of amides is 1. The molecule has 1 fully saturated rings. The van der Waals surface area contributed by atoms with Crippen molar-refractivity contribution in [3.63, 3.8) is 0 Å². The Morgan fingerprint density at radius 3 is 2.60 bits per heavy atom. The van der Waals surface area contributed by atoms with Crippen molar-refractivity contribution in [1.82, 2.24) is 4.98 Å². The zero-order chi connectivity index (χ0) is 17.1.